The SMILES string of the molecule is CCCC(F)(CC)CNc1ncc2c(-c3ccc4ncc(F)n4c3)c[nH]c2n1. The number of nitrogens with one attached hydrogen (secondary N) is 2. The number of hydrogen-bond acceptors (Lipinski definition) is 4. The predicted molar refractivity (Wildman–Crippen MR) is 106 cm³/mol. The molecule has 4 aromatic heterocycles. The van der Waals surface area contributed by atoms with Crippen LogP contribution in [0.3, 0.4) is 0 Å². The Morgan fingerprint density at radius 3 is 2.86 bits per heavy atom. The Morgan fingerprint density at radius 1 is 1.21 bits per heavy atom. The van der Waals surface area contributed by atoms with Crippen molar-refractivity contribution in [2.45, 2.75) is 38.8 Å². The summed E-state index contributed by atoms with van der Waals surface area (Å²) in [4.78, 5) is 15.9. The molecule has 0 bridgehead atoms. The number of aromatic nitrogens is 5. The molecule has 8 heteroatoms. The summed E-state index contributed by atoms with van der Waals surface area (Å²) >= 11 is 0. The number of imidazole rings is 1. The first kappa shape index (κ1) is 18.3. The molecule has 4 rings (SSSR count). The van der Waals surface area contributed by atoms with E-state index < -0.39 is 11.6 Å². The van der Waals surface area contributed by atoms with Crippen LogP contribution in [0.4, 0.5) is 14.7 Å². The van der Waals surface area contributed by atoms with Crippen molar-refractivity contribution in [3.63, 3.8) is 0 Å². The van der Waals surface area contributed by atoms with Gasteiger partial charge >= 0.3 is 0 Å². The van der Waals surface area contributed by atoms with Gasteiger partial charge in [0.05, 0.1) is 12.7 Å². The number of halogens is 2. The average Bonchev–Trinajstić information content (AvgIpc) is 3.30. The zero-order valence-electron chi connectivity index (χ0n) is 15.8. The monoisotopic (exact) mass is 384 g/mol. The fourth-order valence-electron chi connectivity index (χ4n) is 3.42. The number of alkyl halides is 1. The predicted octanol–water partition coefficient (Wildman–Crippen LogP) is 4.74. The lowest BCUT2D eigenvalue weighted by Gasteiger charge is -2.23. The summed E-state index contributed by atoms with van der Waals surface area (Å²) in [6, 6.07) is 3.63. The zero-order chi connectivity index (χ0) is 19.7. The van der Waals surface area contributed by atoms with Crippen LogP contribution in [0.1, 0.15) is 33.1 Å². The molecule has 1 unspecified atom stereocenters. The molecule has 0 aliphatic heterocycles. The third-order valence-corrected chi connectivity index (χ3v) is 5.10. The molecule has 1 atom stereocenters. The minimum Gasteiger partial charge on any atom is -0.351 e. The van der Waals surface area contributed by atoms with Crippen molar-refractivity contribution < 1.29 is 8.78 Å². The minimum absolute atomic E-state index is 0.174. The highest BCUT2D eigenvalue weighted by atomic mass is 19.1. The maximum atomic E-state index is 14.7. The smallest absolute Gasteiger partial charge is 0.224 e. The van der Waals surface area contributed by atoms with Gasteiger partial charge in [0.25, 0.3) is 0 Å². The molecule has 0 spiro atoms. The van der Waals surface area contributed by atoms with Crippen LogP contribution in [0.15, 0.2) is 36.9 Å². The van der Waals surface area contributed by atoms with Crippen molar-refractivity contribution in [2.24, 2.45) is 0 Å². The molecule has 0 aliphatic rings. The van der Waals surface area contributed by atoms with Crippen LogP contribution in [-0.4, -0.2) is 36.6 Å². The fourth-order valence-corrected chi connectivity index (χ4v) is 3.42. The van der Waals surface area contributed by atoms with Crippen LogP contribution < -0.4 is 5.32 Å². The van der Waals surface area contributed by atoms with Gasteiger partial charge in [-0.1, -0.05) is 20.3 Å². The van der Waals surface area contributed by atoms with Crippen molar-refractivity contribution in [3.8, 4) is 11.1 Å². The number of fused-ring (bicyclic) bond motifs is 2. The van der Waals surface area contributed by atoms with Crippen LogP contribution in [0.2, 0.25) is 0 Å². The number of H-pyrrole nitrogens is 1. The minimum atomic E-state index is -1.27. The van der Waals surface area contributed by atoms with E-state index in [1.807, 2.05) is 26.1 Å². The molecule has 146 valence electrons. The van der Waals surface area contributed by atoms with E-state index in [1.165, 1.54) is 10.6 Å². The van der Waals surface area contributed by atoms with Crippen LogP contribution in [0.25, 0.3) is 27.8 Å². The molecular weight excluding hydrogens is 362 g/mol. The number of nitrogens with zero attached hydrogens (tertiary/aromatic N) is 4. The van der Waals surface area contributed by atoms with E-state index >= 15 is 0 Å². The summed E-state index contributed by atoms with van der Waals surface area (Å²) < 4.78 is 29.9. The Kier molecular flexibility index (Phi) is 4.70. The topological polar surface area (TPSA) is 70.9 Å². The first-order chi connectivity index (χ1) is 13.5. The number of hydrogen-bond donors (Lipinski definition) is 2. The lowest BCUT2D eigenvalue weighted by molar-refractivity contribution is 0.158. The van der Waals surface area contributed by atoms with E-state index in [2.05, 4.69) is 25.3 Å². The summed E-state index contributed by atoms with van der Waals surface area (Å²) in [5, 5.41) is 3.82. The molecule has 0 aliphatic carbocycles. The molecule has 2 N–H and O–H groups in total. The molecule has 6 nitrogen and oxygen atoms in total. The fraction of sp³-hybridized carbons (Fsp3) is 0.350. The maximum Gasteiger partial charge on any atom is 0.224 e. The van der Waals surface area contributed by atoms with Crippen molar-refractivity contribution in [2.75, 3.05) is 11.9 Å². The van der Waals surface area contributed by atoms with Gasteiger partial charge in [0.2, 0.25) is 11.9 Å². The highest BCUT2D eigenvalue weighted by Gasteiger charge is 2.26. The lowest BCUT2D eigenvalue weighted by atomic mass is 9.97. The van der Waals surface area contributed by atoms with Gasteiger partial charge in [-0.3, -0.25) is 4.40 Å². The molecule has 0 aromatic carbocycles. The Bertz CT molecular complexity index is 1120. The Labute approximate surface area is 161 Å². The van der Waals surface area contributed by atoms with Gasteiger partial charge in [-0.15, -0.1) is 0 Å². The molecule has 0 amide bonds. The Morgan fingerprint density at radius 2 is 2.07 bits per heavy atom. The number of pyridine rings is 1. The standard InChI is InChI=1S/C20H22F2N6/c1-3-7-20(22,4-2)12-26-19-25-9-15-14(8-24-18(15)27-19)13-5-6-17-23-10-16(21)28(17)11-13/h5-6,8-11H,3-4,7,12H2,1-2H3,(H2,24,25,26,27). The van der Waals surface area contributed by atoms with E-state index in [4.69, 9.17) is 0 Å². The number of aromatic amines is 1. The van der Waals surface area contributed by atoms with Gasteiger partial charge in [0.15, 0.2) is 0 Å². The number of rotatable bonds is 7. The molecule has 28 heavy (non-hydrogen) atoms. The normalized spacial score (nSPS) is 13.9. The summed E-state index contributed by atoms with van der Waals surface area (Å²) in [5.41, 5.74) is 1.59. The van der Waals surface area contributed by atoms with Gasteiger partial charge in [0.1, 0.15) is 17.0 Å². The average molecular weight is 384 g/mol. The lowest BCUT2D eigenvalue weighted by Crippen LogP contribution is -2.31. The van der Waals surface area contributed by atoms with Crippen molar-refractivity contribution in [3.05, 3.63) is 42.9 Å². The highest BCUT2D eigenvalue weighted by molar-refractivity contribution is 5.93. The third kappa shape index (κ3) is 3.30. The molecule has 0 saturated heterocycles. The van der Waals surface area contributed by atoms with Gasteiger partial charge < -0.3 is 10.3 Å². The van der Waals surface area contributed by atoms with Crippen LogP contribution in [0, 0.1) is 5.95 Å². The highest BCUT2D eigenvalue weighted by Crippen LogP contribution is 2.29. The van der Waals surface area contributed by atoms with Crippen molar-refractivity contribution in [1.29, 1.82) is 0 Å². The third-order valence-electron chi connectivity index (χ3n) is 5.10. The van der Waals surface area contributed by atoms with E-state index in [0.717, 1.165) is 22.9 Å². The molecule has 0 radical (unpaired) electrons. The second kappa shape index (κ2) is 7.18. The summed E-state index contributed by atoms with van der Waals surface area (Å²) in [5.74, 6) is -0.0410. The first-order valence-corrected chi connectivity index (χ1v) is 9.43. The molecule has 4 aromatic rings. The molecule has 0 fully saturated rings. The Balaban J connectivity index is 1.61. The van der Waals surface area contributed by atoms with Crippen LogP contribution >= 0.6 is 0 Å². The van der Waals surface area contributed by atoms with E-state index in [-0.39, 0.29) is 6.54 Å². The van der Waals surface area contributed by atoms with Gasteiger partial charge in [0, 0.05) is 35.1 Å². The molecule has 0 saturated carbocycles. The maximum absolute atomic E-state index is 14.7. The van der Waals surface area contributed by atoms with Gasteiger partial charge in [-0.05, 0) is 25.0 Å². The van der Waals surface area contributed by atoms with E-state index in [1.54, 1.807) is 18.5 Å². The summed E-state index contributed by atoms with van der Waals surface area (Å²) in [7, 11) is 0. The zero-order valence-corrected chi connectivity index (χ0v) is 15.8. The second-order valence-corrected chi connectivity index (χ2v) is 6.99. The van der Waals surface area contributed by atoms with Gasteiger partial charge in [-0.2, -0.15) is 9.37 Å². The van der Waals surface area contributed by atoms with E-state index in [0.29, 0.717) is 30.1 Å². The number of anilines is 1. The van der Waals surface area contributed by atoms with Crippen LogP contribution in [0.5, 0.6) is 0 Å². The van der Waals surface area contributed by atoms with Gasteiger partial charge in [-0.25, -0.2) is 14.4 Å². The van der Waals surface area contributed by atoms with E-state index in [9.17, 15) is 8.78 Å². The Hall–Kier alpha value is -3.03. The van der Waals surface area contributed by atoms with Crippen molar-refractivity contribution in [1.82, 2.24) is 24.3 Å². The quantitative estimate of drug-likeness (QED) is 0.483. The first-order valence-electron chi connectivity index (χ1n) is 9.43. The van der Waals surface area contributed by atoms with Crippen molar-refractivity contribution >= 4 is 22.6 Å². The molecular formula is C20H22F2N6. The summed E-state index contributed by atoms with van der Waals surface area (Å²) in [6.45, 7) is 3.99. The largest absolute Gasteiger partial charge is 0.351 e. The summed E-state index contributed by atoms with van der Waals surface area (Å²) in [6.07, 6.45) is 8.10. The molecule has 4 heterocycles. The van der Waals surface area contributed by atoms with Crippen LogP contribution in [-0.2, 0) is 0 Å². The second-order valence-electron chi connectivity index (χ2n) is 6.99.